The molecule has 11 heteroatoms. The van der Waals surface area contributed by atoms with Crippen LogP contribution < -0.4 is 5.32 Å². The standard InChI is InChI=1S/C18H21F3N4O4/c1-16(2,3)29-15(26)22-17(4,12-6-5-7-13(10-12)25(27)28)11-24-9-8-14(23-24)18(19,20)21/h5-10H,11H2,1-4H3,(H,22,26). The number of alkyl halides is 3. The third-order valence-corrected chi connectivity index (χ3v) is 3.88. The van der Waals surface area contributed by atoms with E-state index in [1.165, 1.54) is 31.2 Å². The predicted octanol–water partition coefficient (Wildman–Crippen LogP) is 4.25. The molecule has 8 nitrogen and oxygen atoms in total. The van der Waals surface area contributed by atoms with Crippen molar-refractivity contribution < 1.29 is 27.6 Å². The number of carbonyl (C=O) groups is 1. The molecule has 0 aliphatic rings. The first-order valence-electron chi connectivity index (χ1n) is 8.56. The molecule has 0 saturated carbocycles. The number of nitrogens with one attached hydrogen (secondary N) is 1. The molecular weight excluding hydrogens is 393 g/mol. The zero-order chi connectivity index (χ0) is 22.0. The average Bonchev–Trinajstić information content (AvgIpc) is 3.01. The van der Waals surface area contributed by atoms with Gasteiger partial charge in [-0.15, -0.1) is 0 Å². The number of hydrogen-bond acceptors (Lipinski definition) is 5. The van der Waals surface area contributed by atoms with E-state index in [4.69, 9.17) is 4.74 Å². The van der Waals surface area contributed by atoms with Crippen molar-refractivity contribution in [3.63, 3.8) is 0 Å². The van der Waals surface area contributed by atoms with Gasteiger partial charge in [-0.25, -0.2) is 4.79 Å². The van der Waals surface area contributed by atoms with E-state index >= 15 is 0 Å². The van der Waals surface area contributed by atoms with Crippen LogP contribution in [0.3, 0.4) is 0 Å². The lowest BCUT2D eigenvalue weighted by molar-refractivity contribution is -0.385. The van der Waals surface area contributed by atoms with Crippen molar-refractivity contribution in [2.45, 2.75) is 51.6 Å². The average molecular weight is 414 g/mol. The van der Waals surface area contributed by atoms with E-state index in [9.17, 15) is 28.1 Å². The number of amides is 1. The number of halogens is 3. The first kappa shape index (κ1) is 22.2. The second kappa shape index (κ2) is 7.72. The first-order valence-corrected chi connectivity index (χ1v) is 8.56. The van der Waals surface area contributed by atoms with Crippen LogP contribution in [0.1, 0.15) is 39.0 Å². The summed E-state index contributed by atoms with van der Waals surface area (Å²) >= 11 is 0. The quantitative estimate of drug-likeness (QED) is 0.582. The van der Waals surface area contributed by atoms with Gasteiger partial charge in [-0.05, 0) is 39.3 Å². The van der Waals surface area contributed by atoms with Crippen LogP contribution in [0.5, 0.6) is 0 Å². The van der Waals surface area contributed by atoms with Crippen molar-refractivity contribution in [2.75, 3.05) is 0 Å². The summed E-state index contributed by atoms with van der Waals surface area (Å²) in [6, 6.07) is 6.27. The maximum absolute atomic E-state index is 12.9. The molecule has 1 atom stereocenters. The third-order valence-electron chi connectivity index (χ3n) is 3.88. The molecule has 1 aromatic carbocycles. The molecule has 1 heterocycles. The van der Waals surface area contributed by atoms with E-state index in [-0.39, 0.29) is 12.2 Å². The Morgan fingerprint density at radius 2 is 1.90 bits per heavy atom. The van der Waals surface area contributed by atoms with Gasteiger partial charge in [0.2, 0.25) is 0 Å². The van der Waals surface area contributed by atoms with Crippen LogP contribution >= 0.6 is 0 Å². The highest BCUT2D eigenvalue weighted by Gasteiger charge is 2.36. The number of hydrogen-bond donors (Lipinski definition) is 1. The summed E-state index contributed by atoms with van der Waals surface area (Å²) in [6.07, 6.45) is -4.32. The van der Waals surface area contributed by atoms with Crippen LogP contribution in [-0.4, -0.2) is 26.4 Å². The van der Waals surface area contributed by atoms with E-state index < -0.39 is 34.0 Å². The summed E-state index contributed by atoms with van der Waals surface area (Å²) < 4.78 is 44.8. The van der Waals surface area contributed by atoms with Gasteiger partial charge >= 0.3 is 12.3 Å². The number of aromatic nitrogens is 2. The van der Waals surface area contributed by atoms with Gasteiger partial charge in [-0.3, -0.25) is 14.8 Å². The van der Waals surface area contributed by atoms with Crippen LogP contribution in [0.15, 0.2) is 36.5 Å². The van der Waals surface area contributed by atoms with Crippen molar-refractivity contribution in [1.82, 2.24) is 15.1 Å². The first-order chi connectivity index (χ1) is 13.2. The number of nitro benzene ring substituents is 1. The number of carbonyl (C=O) groups excluding carboxylic acids is 1. The van der Waals surface area contributed by atoms with Crippen LogP contribution in [0, 0.1) is 10.1 Å². The number of non-ortho nitro benzene ring substituents is 1. The molecule has 0 aliphatic heterocycles. The zero-order valence-corrected chi connectivity index (χ0v) is 16.3. The summed E-state index contributed by atoms with van der Waals surface area (Å²) in [4.78, 5) is 22.9. The lowest BCUT2D eigenvalue weighted by atomic mass is 9.91. The third kappa shape index (κ3) is 5.93. The Balaban J connectivity index is 2.42. The molecule has 2 aromatic rings. The molecule has 1 N–H and O–H groups in total. The Kier molecular flexibility index (Phi) is 5.91. The lowest BCUT2D eigenvalue weighted by Gasteiger charge is -2.32. The summed E-state index contributed by atoms with van der Waals surface area (Å²) in [7, 11) is 0. The topological polar surface area (TPSA) is 99.3 Å². The maximum atomic E-state index is 12.9. The van der Waals surface area contributed by atoms with Crippen LogP contribution in [-0.2, 0) is 23.0 Å². The fourth-order valence-electron chi connectivity index (χ4n) is 2.62. The molecule has 1 unspecified atom stereocenters. The highest BCUT2D eigenvalue weighted by atomic mass is 19.4. The van der Waals surface area contributed by atoms with Crippen molar-refractivity contribution in [1.29, 1.82) is 0 Å². The number of alkyl carbamates (subject to hydrolysis) is 1. The van der Waals surface area contributed by atoms with Gasteiger partial charge in [-0.1, -0.05) is 12.1 Å². The van der Waals surface area contributed by atoms with Crippen molar-refractivity contribution in [3.8, 4) is 0 Å². The summed E-state index contributed by atoms with van der Waals surface area (Å²) in [5.74, 6) is 0. The van der Waals surface area contributed by atoms with Crippen LogP contribution in [0.25, 0.3) is 0 Å². The Bertz CT molecular complexity index is 905. The fourth-order valence-corrected chi connectivity index (χ4v) is 2.62. The van der Waals surface area contributed by atoms with Gasteiger partial charge < -0.3 is 10.1 Å². The monoisotopic (exact) mass is 414 g/mol. The largest absolute Gasteiger partial charge is 0.444 e. The minimum Gasteiger partial charge on any atom is -0.444 e. The smallest absolute Gasteiger partial charge is 0.435 e. The highest BCUT2D eigenvalue weighted by molar-refractivity contribution is 5.69. The summed E-state index contributed by atoms with van der Waals surface area (Å²) in [6.45, 7) is 6.26. The van der Waals surface area contributed by atoms with Gasteiger partial charge in [0, 0.05) is 18.3 Å². The van der Waals surface area contributed by atoms with E-state index in [1.807, 2.05) is 0 Å². The predicted molar refractivity (Wildman–Crippen MR) is 97.0 cm³/mol. The minimum atomic E-state index is -4.62. The van der Waals surface area contributed by atoms with E-state index in [1.54, 1.807) is 20.8 Å². The molecule has 0 saturated heterocycles. The number of nitrogens with zero attached hydrogens (tertiary/aromatic N) is 3. The second-order valence-corrected chi connectivity index (χ2v) is 7.66. The molecule has 0 spiro atoms. The SMILES string of the molecule is CC(C)(C)OC(=O)NC(C)(Cn1ccc(C(F)(F)F)n1)c1cccc([N+](=O)[O-])c1. The molecule has 29 heavy (non-hydrogen) atoms. The molecule has 1 aromatic heterocycles. The van der Waals surface area contributed by atoms with Gasteiger partial charge in [-0.2, -0.15) is 18.3 Å². The van der Waals surface area contributed by atoms with Gasteiger partial charge in [0.1, 0.15) is 5.60 Å². The number of rotatable bonds is 5. The second-order valence-electron chi connectivity index (χ2n) is 7.66. The normalized spacial score (nSPS) is 14.2. The molecular formula is C18H21F3N4O4. The Hall–Kier alpha value is -3.11. The van der Waals surface area contributed by atoms with Gasteiger partial charge in [0.05, 0.1) is 17.0 Å². The van der Waals surface area contributed by atoms with E-state index in [0.717, 1.165) is 16.9 Å². The molecule has 2 rings (SSSR count). The number of ether oxygens (including phenoxy) is 1. The van der Waals surface area contributed by atoms with Crippen LogP contribution in [0.4, 0.5) is 23.7 Å². The van der Waals surface area contributed by atoms with Crippen molar-refractivity contribution in [3.05, 3.63) is 57.9 Å². The number of benzene rings is 1. The zero-order valence-electron chi connectivity index (χ0n) is 16.3. The van der Waals surface area contributed by atoms with Gasteiger partial charge in [0.15, 0.2) is 5.69 Å². The van der Waals surface area contributed by atoms with Crippen molar-refractivity contribution in [2.24, 2.45) is 0 Å². The molecule has 0 bridgehead atoms. The Morgan fingerprint density at radius 1 is 1.24 bits per heavy atom. The molecule has 158 valence electrons. The number of nitro groups is 1. The summed E-state index contributed by atoms with van der Waals surface area (Å²) in [5, 5.41) is 17.2. The highest BCUT2D eigenvalue weighted by Crippen LogP contribution is 2.30. The maximum Gasteiger partial charge on any atom is 0.435 e. The van der Waals surface area contributed by atoms with E-state index in [2.05, 4.69) is 10.4 Å². The minimum absolute atomic E-state index is 0.219. The van der Waals surface area contributed by atoms with Crippen LogP contribution in [0.2, 0.25) is 0 Å². The Morgan fingerprint density at radius 3 is 2.41 bits per heavy atom. The van der Waals surface area contributed by atoms with Gasteiger partial charge in [0.25, 0.3) is 5.69 Å². The molecule has 0 aliphatic carbocycles. The Labute approximate surface area is 164 Å². The molecule has 0 fully saturated rings. The fraction of sp³-hybridized carbons (Fsp3) is 0.444. The summed E-state index contributed by atoms with van der Waals surface area (Å²) in [5.41, 5.74) is -3.17. The molecule has 0 radical (unpaired) electrons. The van der Waals surface area contributed by atoms with Crippen molar-refractivity contribution >= 4 is 11.8 Å². The van der Waals surface area contributed by atoms with E-state index in [0.29, 0.717) is 5.56 Å². The lowest BCUT2D eigenvalue weighted by Crippen LogP contribution is -2.48. The molecule has 1 amide bonds.